The summed E-state index contributed by atoms with van der Waals surface area (Å²) >= 11 is 1.33. The summed E-state index contributed by atoms with van der Waals surface area (Å²) in [5, 5.41) is 13.4. The van der Waals surface area contributed by atoms with Crippen LogP contribution in [0.1, 0.15) is 5.56 Å². The van der Waals surface area contributed by atoms with Crippen molar-refractivity contribution in [1.82, 2.24) is 5.32 Å². The fraction of sp³-hybridized carbons (Fsp3) is 0.188. The number of amides is 1. The van der Waals surface area contributed by atoms with Crippen molar-refractivity contribution in [2.24, 2.45) is 0 Å². The van der Waals surface area contributed by atoms with Crippen molar-refractivity contribution in [2.45, 2.75) is 11.4 Å². The maximum absolute atomic E-state index is 11.9. The van der Waals surface area contributed by atoms with Crippen LogP contribution in [0.5, 0.6) is 5.75 Å². The molecule has 0 saturated carbocycles. The van der Waals surface area contributed by atoms with Crippen LogP contribution in [0.25, 0.3) is 0 Å². The fourth-order valence-corrected chi connectivity index (χ4v) is 2.64. The first-order valence-electron chi connectivity index (χ1n) is 6.86. The van der Waals surface area contributed by atoms with Crippen LogP contribution in [0.15, 0.2) is 53.4 Å². The number of para-hydroxylation sites is 1. The van der Waals surface area contributed by atoms with Crippen LogP contribution >= 0.6 is 11.8 Å². The molecule has 120 valence electrons. The predicted octanol–water partition coefficient (Wildman–Crippen LogP) is 3.01. The average Bonchev–Trinajstić information content (AvgIpc) is 2.58. The van der Waals surface area contributed by atoms with Gasteiger partial charge in [-0.25, -0.2) is 0 Å². The van der Waals surface area contributed by atoms with Gasteiger partial charge in [-0.15, -0.1) is 11.8 Å². The maximum Gasteiger partial charge on any atom is 0.269 e. The molecule has 0 fully saturated rings. The fourth-order valence-electron chi connectivity index (χ4n) is 1.91. The van der Waals surface area contributed by atoms with E-state index in [9.17, 15) is 14.9 Å². The lowest BCUT2D eigenvalue weighted by Gasteiger charge is -2.09. The molecule has 0 aliphatic rings. The van der Waals surface area contributed by atoms with E-state index in [0.29, 0.717) is 6.54 Å². The van der Waals surface area contributed by atoms with Crippen molar-refractivity contribution in [2.75, 3.05) is 12.9 Å². The zero-order valence-electron chi connectivity index (χ0n) is 12.5. The molecule has 23 heavy (non-hydrogen) atoms. The Labute approximate surface area is 138 Å². The van der Waals surface area contributed by atoms with Gasteiger partial charge < -0.3 is 10.1 Å². The monoisotopic (exact) mass is 332 g/mol. The van der Waals surface area contributed by atoms with Gasteiger partial charge in [-0.2, -0.15) is 0 Å². The number of non-ortho nitro benzene ring substituents is 1. The Morgan fingerprint density at radius 1 is 1.22 bits per heavy atom. The average molecular weight is 332 g/mol. The van der Waals surface area contributed by atoms with E-state index in [1.807, 2.05) is 24.3 Å². The van der Waals surface area contributed by atoms with Gasteiger partial charge in [0.15, 0.2) is 0 Å². The van der Waals surface area contributed by atoms with Gasteiger partial charge in [-0.3, -0.25) is 14.9 Å². The standard InChI is InChI=1S/C16H16N2O4S/c1-22-15-5-3-2-4-12(15)10-17-16(19)11-23-14-8-6-13(7-9-14)18(20)21/h2-9H,10-11H2,1H3,(H,17,19). The molecule has 0 atom stereocenters. The highest BCUT2D eigenvalue weighted by Gasteiger charge is 2.07. The number of hydrogen-bond acceptors (Lipinski definition) is 5. The van der Waals surface area contributed by atoms with E-state index in [4.69, 9.17) is 4.74 Å². The number of ether oxygens (including phenoxy) is 1. The van der Waals surface area contributed by atoms with E-state index in [1.165, 1.54) is 23.9 Å². The van der Waals surface area contributed by atoms with Gasteiger partial charge in [-0.05, 0) is 18.2 Å². The van der Waals surface area contributed by atoms with Crippen molar-refractivity contribution in [3.8, 4) is 5.75 Å². The number of rotatable bonds is 7. The minimum Gasteiger partial charge on any atom is -0.496 e. The number of carbonyl (C=O) groups excluding carboxylic acids is 1. The van der Waals surface area contributed by atoms with Crippen molar-refractivity contribution in [3.05, 3.63) is 64.2 Å². The number of benzene rings is 2. The van der Waals surface area contributed by atoms with Crippen LogP contribution in [-0.2, 0) is 11.3 Å². The number of hydrogen-bond donors (Lipinski definition) is 1. The third-order valence-corrected chi connectivity index (χ3v) is 4.10. The molecule has 0 saturated heterocycles. The first-order valence-corrected chi connectivity index (χ1v) is 7.84. The molecule has 0 unspecified atom stereocenters. The molecule has 1 N–H and O–H groups in total. The number of nitrogens with one attached hydrogen (secondary N) is 1. The van der Waals surface area contributed by atoms with Gasteiger partial charge in [0.05, 0.1) is 17.8 Å². The Morgan fingerprint density at radius 2 is 1.91 bits per heavy atom. The molecule has 2 aromatic carbocycles. The Morgan fingerprint density at radius 3 is 2.57 bits per heavy atom. The third kappa shape index (κ3) is 5.00. The molecule has 0 aromatic heterocycles. The summed E-state index contributed by atoms with van der Waals surface area (Å²) in [5.41, 5.74) is 0.943. The van der Waals surface area contributed by atoms with Gasteiger partial charge in [0.1, 0.15) is 5.75 Å². The highest BCUT2D eigenvalue weighted by atomic mass is 32.2. The van der Waals surface area contributed by atoms with Crippen LogP contribution in [0.3, 0.4) is 0 Å². The summed E-state index contributed by atoms with van der Waals surface area (Å²) in [6.45, 7) is 0.393. The highest BCUT2D eigenvalue weighted by Crippen LogP contribution is 2.21. The van der Waals surface area contributed by atoms with Crippen molar-refractivity contribution >= 4 is 23.4 Å². The van der Waals surface area contributed by atoms with Gasteiger partial charge in [0, 0.05) is 29.1 Å². The maximum atomic E-state index is 11.9. The number of nitrogens with zero attached hydrogens (tertiary/aromatic N) is 1. The summed E-state index contributed by atoms with van der Waals surface area (Å²) in [6, 6.07) is 13.6. The van der Waals surface area contributed by atoms with E-state index >= 15 is 0 Å². The zero-order chi connectivity index (χ0) is 16.7. The molecule has 0 bridgehead atoms. The van der Waals surface area contributed by atoms with Crippen molar-refractivity contribution in [3.63, 3.8) is 0 Å². The number of nitro benzene ring substituents is 1. The minimum atomic E-state index is -0.450. The van der Waals surface area contributed by atoms with Crippen molar-refractivity contribution < 1.29 is 14.5 Å². The topological polar surface area (TPSA) is 81.5 Å². The van der Waals surface area contributed by atoms with Crippen LogP contribution < -0.4 is 10.1 Å². The molecule has 0 radical (unpaired) electrons. The number of carbonyl (C=O) groups is 1. The van der Waals surface area contributed by atoms with Gasteiger partial charge >= 0.3 is 0 Å². The molecule has 2 aromatic rings. The second-order valence-corrected chi connectivity index (χ2v) is 5.68. The molecular weight excluding hydrogens is 316 g/mol. The van der Waals surface area contributed by atoms with E-state index in [-0.39, 0.29) is 17.3 Å². The number of thioether (sulfide) groups is 1. The zero-order valence-corrected chi connectivity index (χ0v) is 13.3. The molecule has 1 amide bonds. The SMILES string of the molecule is COc1ccccc1CNC(=O)CSc1ccc([N+](=O)[O-])cc1. The summed E-state index contributed by atoms with van der Waals surface area (Å²) in [6.07, 6.45) is 0. The van der Waals surface area contributed by atoms with Crippen LogP contribution in [-0.4, -0.2) is 23.7 Å². The molecule has 0 aliphatic carbocycles. The van der Waals surface area contributed by atoms with Crippen LogP contribution in [0.4, 0.5) is 5.69 Å². The molecule has 0 aliphatic heterocycles. The quantitative estimate of drug-likeness (QED) is 0.479. The summed E-state index contributed by atoms with van der Waals surface area (Å²) in [5.74, 6) is 0.863. The first kappa shape index (κ1) is 16.8. The van der Waals surface area contributed by atoms with E-state index in [0.717, 1.165) is 16.2 Å². The number of nitro groups is 1. The van der Waals surface area contributed by atoms with Gasteiger partial charge in [0.25, 0.3) is 5.69 Å². The molecule has 2 rings (SSSR count). The highest BCUT2D eigenvalue weighted by molar-refractivity contribution is 8.00. The van der Waals surface area contributed by atoms with E-state index in [2.05, 4.69) is 5.32 Å². The molecule has 0 spiro atoms. The lowest BCUT2D eigenvalue weighted by Crippen LogP contribution is -2.24. The largest absolute Gasteiger partial charge is 0.496 e. The predicted molar refractivity (Wildman–Crippen MR) is 88.7 cm³/mol. The van der Waals surface area contributed by atoms with Crippen LogP contribution in [0, 0.1) is 10.1 Å². The Bertz CT molecular complexity index is 689. The van der Waals surface area contributed by atoms with Gasteiger partial charge in [-0.1, -0.05) is 18.2 Å². The lowest BCUT2D eigenvalue weighted by atomic mass is 10.2. The number of methoxy groups -OCH3 is 1. The summed E-state index contributed by atoms with van der Waals surface area (Å²) in [4.78, 5) is 22.8. The molecular formula is C16H16N2O4S. The minimum absolute atomic E-state index is 0.0370. The smallest absolute Gasteiger partial charge is 0.269 e. The van der Waals surface area contributed by atoms with E-state index < -0.39 is 4.92 Å². The summed E-state index contributed by atoms with van der Waals surface area (Å²) < 4.78 is 5.23. The van der Waals surface area contributed by atoms with Crippen LogP contribution in [0.2, 0.25) is 0 Å². The lowest BCUT2D eigenvalue weighted by molar-refractivity contribution is -0.384. The first-order chi connectivity index (χ1) is 11.1. The van der Waals surface area contributed by atoms with Gasteiger partial charge in [0.2, 0.25) is 5.91 Å². The Kier molecular flexibility index (Phi) is 5.99. The van der Waals surface area contributed by atoms with E-state index in [1.54, 1.807) is 19.2 Å². The third-order valence-electron chi connectivity index (χ3n) is 3.09. The van der Waals surface area contributed by atoms with Crippen molar-refractivity contribution in [1.29, 1.82) is 0 Å². The normalized spacial score (nSPS) is 10.1. The Hall–Kier alpha value is -2.54. The second-order valence-electron chi connectivity index (χ2n) is 4.63. The molecule has 6 nitrogen and oxygen atoms in total. The Balaban J connectivity index is 1.82. The second kappa shape index (κ2) is 8.19. The molecule has 7 heteroatoms. The molecule has 0 heterocycles. The summed E-state index contributed by atoms with van der Waals surface area (Å²) in [7, 11) is 1.59.